The van der Waals surface area contributed by atoms with Crippen LogP contribution in [0.25, 0.3) is 87.6 Å². The van der Waals surface area contributed by atoms with E-state index in [0.717, 1.165) is 43.8 Å². The van der Waals surface area contributed by atoms with Crippen LogP contribution in [-0.4, -0.2) is 0 Å². The molecule has 1 nitrogen and oxygen atoms in total. The van der Waals surface area contributed by atoms with E-state index in [1.807, 2.05) is 60.7 Å². The summed E-state index contributed by atoms with van der Waals surface area (Å²) in [4.78, 5) is 0. The molecule has 0 atom stereocenters. The lowest BCUT2D eigenvalue weighted by molar-refractivity contribution is 0.669. The van der Waals surface area contributed by atoms with Crippen LogP contribution in [0, 0.1) is 0 Å². The lowest BCUT2D eigenvalue weighted by atomic mass is 9.85. The summed E-state index contributed by atoms with van der Waals surface area (Å²) in [6.07, 6.45) is 0. The second kappa shape index (κ2) is 9.44. The average Bonchev–Trinajstić information content (AvgIpc) is 3.56. The third kappa shape index (κ3) is 3.79. The Labute approximate surface area is 259 Å². The van der Waals surface area contributed by atoms with Gasteiger partial charge >= 0.3 is 0 Å². The number of fused-ring (bicyclic) bond motifs is 6. The molecule has 0 bridgehead atoms. The van der Waals surface area contributed by atoms with E-state index in [0.29, 0.717) is 5.56 Å². The Balaban J connectivity index is 1.35. The Morgan fingerprint density at radius 1 is 0.395 bits per heavy atom. The van der Waals surface area contributed by atoms with Crippen molar-refractivity contribution in [3.63, 3.8) is 0 Å². The van der Waals surface area contributed by atoms with Crippen molar-refractivity contribution in [2.45, 2.75) is 0 Å². The first-order chi connectivity index (χ1) is 24.2. The Bertz CT molecular complexity index is 2850. The summed E-state index contributed by atoms with van der Waals surface area (Å²) in [5.74, 6) is 0. The lowest BCUT2D eigenvalue weighted by Gasteiger charge is -2.18. The van der Waals surface area contributed by atoms with Crippen LogP contribution in [0.5, 0.6) is 0 Å². The molecule has 43 heavy (non-hydrogen) atoms. The summed E-state index contributed by atoms with van der Waals surface area (Å²) < 4.78 is 67.2. The van der Waals surface area contributed by atoms with E-state index in [2.05, 4.69) is 54.6 Å². The van der Waals surface area contributed by atoms with Crippen LogP contribution in [-0.2, 0) is 0 Å². The zero-order chi connectivity index (χ0) is 34.4. The molecular formula is C42H26O. The molecule has 0 saturated heterocycles. The highest BCUT2D eigenvalue weighted by molar-refractivity contribution is 6.22. The van der Waals surface area contributed by atoms with Crippen molar-refractivity contribution in [3.05, 3.63) is 158 Å². The van der Waals surface area contributed by atoms with Crippen LogP contribution in [0.4, 0.5) is 0 Å². The van der Waals surface area contributed by atoms with Gasteiger partial charge in [0.25, 0.3) is 0 Å². The highest BCUT2D eigenvalue weighted by Gasteiger charge is 2.18. The normalized spacial score (nSPS) is 14.0. The van der Waals surface area contributed by atoms with Crippen LogP contribution in [0.3, 0.4) is 0 Å². The maximum atomic E-state index is 9.43. The minimum absolute atomic E-state index is 0.0147. The van der Waals surface area contributed by atoms with Crippen molar-refractivity contribution in [1.82, 2.24) is 0 Å². The zero-order valence-corrected chi connectivity index (χ0v) is 22.9. The fourth-order valence-corrected chi connectivity index (χ4v) is 6.35. The topological polar surface area (TPSA) is 13.1 Å². The molecule has 0 aliphatic rings. The number of rotatable bonds is 3. The van der Waals surface area contributed by atoms with E-state index < -0.39 is 12.1 Å². The molecule has 0 unspecified atom stereocenters. The van der Waals surface area contributed by atoms with Crippen LogP contribution in [0.2, 0.25) is 0 Å². The third-order valence-corrected chi connectivity index (χ3v) is 8.30. The summed E-state index contributed by atoms with van der Waals surface area (Å²) in [5, 5.41) is 5.86. The molecule has 1 aromatic heterocycles. The Morgan fingerprint density at radius 3 is 1.77 bits per heavy atom. The van der Waals surface area contributed by atoms with Crippen molar-refractivity contribution >= 4 is 54.3 Å². The SMILES string of the molecule is [2H]c1c([2H])c([2H])c2c(oc3c([2H])c(-c4c5ccccc5c(-c5cccc(-c6ccc7ccccc7c6)c5)c5ccccc45)c([2H])c([2H])c32)c1[2H]. The predicted octanol–water partition coefficient (Wildman–Crippen LogP) is 12.0. The monoisotopic (exact) mass is 553 g/mol. The van der Waals surface area contributed by atoms with Crippen LogP contribution in [0.15, 0.2) is 162 Å². The summed E-state index contributed by atoms with van der Waals surface area (Å²) in [6, 6.07) is 36.8. The molecule has 8 aromatic carbocycles. The summed E-state index contributed by atoms with van der Waals surface area (Å²) in [5.41, 5.74) is 4.89. The Kier molecular flexibility index (Phi) is 3.95. The van der Waals surface area contributed by atoms with Crippen molar-refractivity contribution in [1.29, 1.82) is 0 Å². The van der Waals surface area contributed by atoms with Gasteiger partial charge in [0, 0.05) is 10.8 Å². The molecule has 0 amide bonds. The smallest absolute Gasteiger partial charge is 0.136 e. The van der Waals surface area contributed by atoms with Crippen molar-refractivity contribution in [2.24, 2.45) is 0 Å². The molecule has 0 saturated carbocycles. The molecular weight excluding hydrogens is 520 g/mol. The summed E-state index contributed by atoms with van der Waals surface area (Å²) in [7, 11) is 0. The van der Waals surface area contributed by atoms with E-state index in [1.54, 1.807) is 0 Å². The quantitative estimate of drug-likeness (QED) is 0.198. The molecule has 0 spiro atoms. The Hall–Kier alpha value is -5.66. The largest absolute Gasteiger partial charge is 0.456 e. The van der Waals surface area contributed by atoms with E-state index in [4.69, 9.17) is 11.3 Å². The highest BCUT2D eigenvalue weighted by atomic mass is 16.3. The van der Waals surface area contributed by atoms with Gasteiger partial charge in [-0.1, -0.05) is 127 Å². The molecule has 1 heterocycles. The van der Waals surface area contributed by atoms with Gasteiger partial charge in [-0.3, -0.25) is 0 Å². The number of hydrogen-bond acceptors (Lipinski definition) is 1. The van der Waals surface area contributed by atoms with Crippen molar-refractivity contribution < 1.29 is 14.0 Å². The standard InChI is InChI=1S/C42H26O/c1-2-11-28-24-30(21-20-27(28)10-1)29-12-9-13-31(25-29)41-35-15-3-5-17-37(35)42(38-18-6-4-16-36(38)41)32-22-23-34-33-14-7-8-19-39(33)43-40(34)26-32/h1-26H/i7D,8D,14D,19D,22D,23D,26D. The molecule has 1 heteroatoms. The predicted molar refractivity (Wildman–Crippen MR) is 183 cm³/mol. The third-order valence-electron chi connectivity index (χ3n) is 8.30. The number of benzene rings is 8. The molecule has 9 aromatic rings. The fraction of sp³-hybridized carbons (Fsp3) is 0. The van der Waals surface area contributed by atoms with Gasteiger partial charge in [-0.05, 0) is 96.0 Å². The number of para-hydroxylation sites is 1. The molecule has 0 aliphatic heterocycles. The first-order valence-electron chi connectivity index (χ1n) is 17.7. The molecule has 0 radical (unpaired) electrons. The summed E-state index contributed by atoms with van der Waals surface area (Å²) in [6.45, 7) is 0. The number of hydrogen-bond donors (Lipinski definition) is 0. The van der Waals surface area contributed by atoms with E-state index in [9.17, 15) is 2.74 Å². The zero-order valence-electron chi connectivity index (χ0n) is 29.9. The second-order valence-electron chi connectivity index (χ2n) is 10.7. The number of furan rings is 1. The van der Waals surface area contributed by atoms with Gasteiger partial charge in [-0.15, -0.1) is 0 Å². The first-order valence-corrected chi connectivity index (χ1v) is 14.2. The molecule has 0 aliphatic carbocycles. The minimum Gasteiger partial charge on any atom is -0.456 e. The van der Waals surface area contributed by atoms with Crippen molar-refractivity contribution in [2.75, 3.05) is 0 Å². The van der Waals surface area contributed by atoms with Gasteiger partial charge in [0.2, 0.25) is 0 Å². The second-order valence-corrected chi connectivity index (χ2v) is 10.7. The Morgan fingerprint density at radius 2 is 1.00 bits per heavy atom. The molecule has 200 valence electrons. The maximum Gasteiger partial charge on any atom is 0.136 e. The van der Waals surface area contributed by atoms with Crippen LogP contribution >= 0.6 is 0 Å². The molecule has 9 rings (SSSR count). The van der Waals surface area contributed by atoms with Gasteiger partial charge in [0.15, 0.2) is 0 Å². The van der Waals surface area contributed by atoms with E-state index in [1.165, 1.54) is 10.8 Å². The van der Waals surface area contributed by atoms with Crippen molar-refractivity contribution in [3.8, 4) is 33.4 Å². The van der Waals surface area contributed by atoms with Gasteiger partial charge in [-0.25, -0.2) is 0 Å². The lowest BCUT2D eigenvalue weighted by Crippen LogP contribution is -1.91. The van der Waals surface area contributed by atoms with E-state index in [-0.39, 0.29) is 57.7 Å². The minimum atomic E-state index is -0.455. The van der Waals surface area contributed by atoms with Crippen LogP contribution in [0.1, 0.15) is 9.60 Å². The fourth-order valence-electron chi connectivity index (χ4n) is 6.35. The summed E-state index contributed by atoms with van der Waals surface area (Å²) >= 11 is 0. The van der Waals surface area contributed by atoms with Gasteiger partial charge in [0.05, 0.1) is 9.60 Å². The van der Waals surface area contributed by atoms with Gasteiger partial charge in [-0.2, -0.15) is 0 Å². The van der Waals surface area contributed by atoms with Crippen LogP contribution < -0.4 is 0 Å². The molecule has 0 N–H and O–H groups in total. The van der Waals surface area contributed by atoms with Gasteiger partial charge in [0.1, 0.15) is 11.2 Å². The molecule has 0 fully saturated rings. The highest BCUT2D eigenvalue weighted by Crippen LogP contribution is 2.45. The first kappa shape index (κ1) is 18.0. The van der Waals surface area contributed by atoms with Gasteiger partial charge < -0.3 is 4.42 Å². The maximum absolute atomic E-state index is 9.43. The van der Waals surface area contributed by atoms with E-state index >= 15 is 0 Å². The average molecular weight is 554 g/mol.